The highest BCUT2D eigenvalue weighted by Crippen LogP contribution is 2.49. The van der Waals surface area contributed by atoms with E-state index >= 15 is 0 Å². The van der Waals surface area contributed by atoms with Gasteiger partial charge in [0, 0.05) is 30.0 Å². The number of allylic oxidation sites excluding steroid dienone is 2. The van der Waals surface area contributed by atoms with Gasteiger partial charge in [0.2, 0.25) is 5.88 Å². The van der Waals surface area contributed by atoms with Crippen molar-refractivity contribution in [1.82, 2.24) is 0 Å². The van der Waals surface area contributed by atoms with Crippen LogP contribution in [0.25, 0.3) is 0 Å². The maximum Gasteiger partial charge on any atom is 0.340 e. The summed E-state index contributed by atoms with van der Waals surface area (Å²) in [4.78, 5) is 36.4. The molecule has 1 aliphatic heterocycles. The smallest absolute Gasteiger partial charge is 0.340 e. The molecule has 1 aromatic rings. The van der Waals surface area contributed by atoms with E-state index in [0.717, 1.165) is 0 Å². The molecule has 0 saturated heterocycles. The Hall–Kier alpha value is -3.16. The molecule has 0 fully saturated rings. The summed E-state index contributed by atoms with van der Waals surface area (Å²) in [5.41, 5.74) is 5.78. The van der Waals surface area contributed by atoms with Crippen molar-refractivity contribution in [3.8, 4) is 0 Å². The van der Waals surface area contributed by atoms with Crippen LogP contribution in [-0.2, 0) is 19.1 Å². The van der Waals surface area contributed by atoms with Crippen LogP contribution in [0.1, 0.15) is 38.2 Å². The van der Waals surface area contributed by atoms with E-state index in [0.29, 0.717) is 12.2 Å². The second-order valence-electron chi connectivity index (χ2n) is 7.40. The number of nitro benzene ring substituents is 1. The van der Waals surface area contributed by atoms with Crippen molar-refractivity contribution in [3.05, 3.63) is 62.7 Å². The number of nitrogens with two attached hydrogens (primary N) is 1. The largest absolute Gasteiger partial charge is 0.465 e. The Bertz CT molecular complexity index is 913. The van der Waals surface area contributed by atoms with Gasteiger partial charge >= 0.3 is 5.97 Å². The summed E-state index contributed by atoms with van der Waals surface area (Å²) in [6.07, 6.45) is 0.668. The van der Waals surface area contributed by atoms with Crippen molar-refractivity contribution < 1.29 is 24.0 Å². The number of carbonyl (C=O) groups is 2. The van der Waals surface area contributed by atoms with Crippen molar-refractivity contribution in [2.24, 2.45) is 11.1 Å². The maximum atomic E-state index is 12.9. The van der Waals surface area contributed by atoms with E-state index in [2.05, 4.69) is 0 Å². The van der Waals surface area contributed by atoms with Crippen molar-refractivity contribution in [1.29, 1.82) is 0 Å². The number of methoxy groups -OCH3 is 1. The Balaban J connectivity index is 2.28. The molecule has 142 valence electrons. The monoisotopic (exact) mass is 372 g/mol. The second-order valence-corrected chi connectivity index (χ2v) is 7.40. The Morgan fingerprint density at radius 1 is 1.33 bits per heavy atom. The topological polar surface area (TPSA) is 122 Å². The summed E-state index contributed by atoms with van der Waals surface area (Å²) >= 11 is 0. The number of benzene rings is 1. The molecule has 0 bridgehead atoms. The minimum Gasteiger partial charge on any atom is -0.465 e. The predicted molar refractivity (Wildman–Crippen MR) is 95.2 cm³/mol. The molecule has 8 nitrogen and oxygen atoms in total. The van der Waals surface area contributed by atoms with Gasteiger partial charge in [-0.3, -0.25) is 14.9 Å². The average molecular weight is 372 g/mol. The average Bonchev–Trinajstić information content (AvgIpc) is 2.58. The molecular formula is C19H20N2O6. The molecule has 27 heavy (non-hydrogen) atoms. The fraction of sp³-hybridized carbons (Fsp3) is 0.368. The van der Waals surface area contributed by atoms with Crippen LogP contribution in [-0.4, -0.2) is 23.8 Å². The zero-order valence-electron chi connectivity index (χ0n) is 15.3. The second kappa shape index (κ2) is 6.53. The molecule has 0 aromatic heterocycles. The number of Topliss-reactive ketones (excluding diaryl/α,β-unsaturated/α-hetero) is 1. The molecule has 0 radical (unpaired) electrons. The lowest BCUT2D eigenvalue weighted by molar-refractivity contribution is -0.385. The Kier molecular flexibility index (Phi) is 4.51. The summed E-state index contributed by atoms with van der Waals surface area (Å²) in [5, 5.41) is 11.5. The van der Waals surface area contributed by atoms with Crippen LogP contribution >= 0.6 is 0 Å². The number of hydrogen-bond acceptors (Lipinski definition) is 7. The molecule has 1 heterocycles. The third-order valence-electron chi connectivity index (χ3n) is 4.80. The number of carbonyl (C=O) groups excluding carboxylic acids is 2. The molecule has 0 spiro atoms. The number of ketones is 1. The van der Waals surface area contributed by atoms with E-state index in [1.165, 1.54) is 25.3 Å². The van der Waals surface area contributed by atoms with Crippen LogP contribution in [0.3, 0.4) is 0 Å². The van der Waals surface area contributed by atoms with Gasteiger partial charge in [-0.05, 0) is 5.41 Å². The summed E-state index contributed by atoms with van der Waals surface area (Å²) < 4.78 is 10.4. The molecule has 1 aromatic carbocycles. The van der Waals surface area contributed by atoms with E-state index in [-0.39, 0.29) is 45.9 Å². The minimum atomic E-state index is -1.01. The molecule has 0 saturated carbocycles. The van der Waals surface area contributed by atoms with Crippen LogP contribution in [0.5, 0.6) is 0 Å². The molecule has 2 aliphatic rings. The lowest BCUT2D eigenvalue weighted by atomic mass is 9.70. The van der Waals surface area contributed by atoms with Gasteiger partial charge in [-0.2, -0.15) is 0 Å². The molecule has 2 N–H and O–H groups in total. The highest BCUT2D eigenvalue weighted by Gasteiger charge is 2.46. The Morgan fingerprint density at radius 3 is 2.63 bits per heavy atom. The van der Waals surface area contributed by atoms with Gasteiger partial charge in [-0.15, -0.1) is 0 Å². The number of para-hydroxylation sites is 1. The minimum absolute atomic E-state index is 0.0985. The van der Waals surface area contributed by atoms with Crippen molar-refractivity contribution >= 4 is 17.4 Å². The highest BCUT2D eigenvalue weighted by atomic mass is 16.6. The molecular weight excluding hydrogens is 352 g/mol. The van der Waals surface area contributed by atoms with Gasteiger partial charge in [0.1, 0.15) is 11.3 Å². The number of esters is 1. The SMILES string of the molecule is COC(=O)C1=C(N)OC2=C(C(=O)CC(C)(C)C2)[C@H]1c1ccccc1[N+](=O)[O-]. The van der Waals surface area contributed by atoms with Gasteiger partial charge in [-0.25, -0.2) is 4.79 Å². The molecule has 1 atom stereocenters. The highest BCUT2D eigenvalue weighted by molar-refractivity contribution is 6.03. The molecule has 0 unspecified atom stereocenters. The van der Waals surface area contributed by atoms with Gasteiger partial charge < -0.3 is 15.2 Å². The zero-order valence-corrected chi connectivity index (χ0v) is 15.3. The number of rotatable bonds is 3. The first kappa shape index (κ1) is 18.6. The lowest BCUT2D eigenvalue weighted by Gasteiger charge is -2.37. The van der Waals surface area contributed by atoms with Crippen molar-refractivity contribution in [2.45, 2.75) is 32.6 Å². The predicted octanol–water partition coefficient (Wildman–Crippen LogP) is 2.70. The molecule has 1 aliphatic carbocycles. The first-order valence-electron chi connectivity index (χ1n) is 8.41. The fourth-order valence-electron chi connectivity index (χ4n) is 3.70. The van der Waals surface area contributed by atoms with Gasteiger partial charge in [0.25, 0.3) is 5.69 Å². The molecule has 0 amide bonds. The molecule has 8 heteroatoms. The summed E-state index contributed by atoms with van der Waals surface area (Å²) in [6, 6.07) is 5.97. The number of nitrogens with zero attached hydrogens (tertiary/aromatic N) is 1. The number of hydrogen-bond donors (Lipinski definition) is 1. The third kappa shape index (κ3) is 3.18. The van der Waals surface area contributed by atoms with E-state index in [9.17, 15) is 19.7 Å². The quantitative estimate of drug-likeness (QED) is 0.492. The standard InChI is InChI=1S/C19H20N2O6/c1-19(2)8-12(22)15-13(9-19)27-17(20)16(18(23)26-3)14(15)10-6-4-5-7-11(10)21(24)25/h4-7,14H,8-9,20H2,1-3H3/t14-/m1/s1. The Morgan fingerprint density at radius 2 is 2.00 bits per heavy atom. The van der Waals surface area contributed by atoms with Crippen LogP contribution in [0.2, 0.25) is 0 Å². The third-order valence-corrected chi connectivity index (χ3v) is 4.80. The number of ether oxygens (including phenoxy) is 2. The maximum absolute atomic E-state index is 12.9. The van der Waals surface area contributed by atoms with Crippen LogP contribution in [0.4, 0.5) is 5.69 Å². The first-order valence-corrected chi connectivity index (χ1v) is 8.41. The number of nitro groups is 1. The van der Waals surface area contributed by atoms with Crippen LogP contribution in [0.15, 0.2) is 47.1 Å². The normalized spacial score (nSPS) is 21.4. The molecule has 3 rings (SSSR count). The summed E-state index contributed by atoms with van der Waals surface area (Å²) in [5.74, 6) is -1.87. The van der Waals surface area contributed by atoms with Gasteiger partial charge in [0.05, 0.1) is 18.0 Å². The van der Waals surface area contributed by atoms with Gasteiger partial charge in [-0.1, -0.05) is 32.0 Å². The summed E-state index contributed by atoms with van der Waals surface area (Å²) in [7, 11) is 1.18. The van der Waals surface area contributed by atoms with E-state index < -0.39 is 16.8 Å². The van der Waals surface area contributed by atoms with E-state index in [1.807, 2.05) is 13.8 Å². The van der Waals surface area contributed by atoms with Crippen LogP contribution in [0, 0.1) is 15.5 Å². The van der Waals surface area contributed by atoms with Crippen molar-refractivity contribution in [3.63, 3.8) is 0 Å². The fourth-order valence-corrected chi connectivity index (χ4v) is 3.70. The van der Waals surface area contributed by atoms with E-state index in [4.69, 9.17) is 15.2 Å². The first-order chi connectivity index (χ1) is 12.7. The lowest BCUT2D eigenvalue weighted by Crippen LogP contribution is -2.35. The summed E-state index contributed by atoms with van der Waals surface area (Å²) in [6.45, 7) is 3.85. The van der Waals surface area contributed by atoms with Crippen molar-refractivity contribution in [2.75, 3.05) is 7.11 Å². The van der Waals surface area contributed by atoms with E-state index in [1.54, 1.807) is 6.07 Å². The van der Waals surface area contributed by atoms with Crippen LogP contribution < -0.4 is 5.73 Å². The Labute approximate surface area is 155 Å². The zero-order chi connectivity index (χ0) is 19.9. The van der Waals surface area contributed by atoms with Gasteiger partial charge in [0.15, 0.2) is 5.78 Å².